The van der Waals surface area contributed by atoms with Gasteiger partial charge in [0.2, 0.25) is 5.91 Å². The standard InChI is InChI=1S/C29H35FN4O6.Na/c1-17(2)26-25(29(40)32-23(27(31)39)14-18-6-4-3-5-7-18)33-28(19-8-10-20(30)11-9-19)34(26)13-12-21(35)15-22(36)16-24(37)38;/h3-11,17,21-23,35-36H,12-16H2,1-2H3,(H2,31,39)(H,32,40)(H,37,38);/q;+1/p-1/t21-,22-,23-;/m1./s1. The second-order valence-electron chi connectivity index (χ2n) is 10.0. The van der Waals surface area contributed by atoms with Crippen LogP contribution in [-0.4, -0.2) is 55.8 Å². The summed E-state index contributed by atoms with van der Waals surface area (Å²) in [7, 11) is 0. The maximum absolute atomic E-state index is 13.7. The van der Waals surface area contributed by atoms with Crippen molar-refractivity contribution >= 4 is 17.8 Å². The fourth-order valence-corrected chi connectivity index (χ4v) is 4.55. The van der Waals surface area contributed by atoms with E-state index < -0.39 is 48.3 Å². The molecule has 0 saturated carbocycles. The zero-order chi connectivity index (χ0) is 29.4. The van der Waals surface area contributed by atoms with Crippen LogP contribution in [0.3, 0.4) is 0 Å². The Labute approximate surface area is 260 Å². The second kappa shape index (κ2) is 15.8. The van der Waals surface area contributed by atoms with Crippen LogP contribution in [-0.2, 0) is 22.6 Å². The molecule has 3 rings (SSSR count). The van der Waals surface area contributed by atoms with Crippen molar-refractivity contribution in [3.05, 3.63) is 77.4 Å². The molecule has 0 unspecified atom stereocenters. The Bertz CT molecular complexity index is 1320. The molecule has 0 aliphatic heterocycles. The van der Waals surface area contributed by atoms with Crippen molar-refractivity contribution < 1.29 is 63.7 Å². The van der Waals surface area contributed by atoms with Crippen molar-refractivity contribution in [3.8, 4) is 11.4 Å². The molecule has 1 aromatic heterocycles. The Morgan fingerprint density at radius 3 is 2.24 bits per heavy atom. The molecule has 12 heteroatoms. The summed E-state index contributed by atoms with van der Waals surface area (Å²) in [5.74, 6) is -3.09. The van der Waals surface area contributed by atoms with Crippen molar-refractivity contribution in [1.82, 2.24) is 14.9 Å². The van der Waals surface area contributed by atoms with Gasteiger partial charge in [0.1, 0.15) is 23.4 Å². The molecule has 10 nitrogen and oxygen atoms in total. The van der Waals surface area contributed by atoms with Crippen LogP contribution in [0.1, 0.15) is 60.8 Å². The van der Waals surface area contributed by atoms with Crippen molar-refractivity contribution in [1.29, 1.82) is 0 Å². The summed E-state index contributed by atoms with van der Waals surface area (Å²) >= 11 is 0. The van der Waals surface area contributed by atoms with Gasteiger partial charge in [0.25, 0.3) is 5.91 Å². The van der Waals surface area contributed by atoms with Crippen LogP contribution in [0, 0.1) is 5.82 Å². The maximum atomic E-state index is 13.7. The number of carbonyl (C=O) groups is 3. The average molecular weight is 577 g/mol. The van der Waals surface area contributed by atoms with Crippen molar-refractivity contribution in [2.45, 2.75) is 70.2 Å². The predicted octanol–water partition coefficient (Wildman–Crippen LogP) is -1.71. The number of aromatic nitrogens is 2. The van der Waals surface area contributed by atoms with Crippen LogP contribution < -0.4 is 45.7 Å². The molecule has 3 atom stereocenters. The van der Waals surface area contributed by atoms with E-state index in [1.807, 2.05) is 44.2 Å². The number of benzene rings is 2. The molecule has 0 saturated heterocycles. The first-order valence-electron chi connectivity index (χ1n) is 13.0. The van der Waals surface area contributed by atoms with Crippen molar-refractivity contribution in [2.75, 3.05) is 0 Å². The largest absolute Gasteiger partial charge is 1.00 e. The Morgan fingerprint density at radius 1 is 1.05 bits per heavy atom. The summed E-state index contributed by atoms with van der Waals surface area (Å²) < 4.78 is 15.4. The number of aliphatic carboxylic acids is 1. The van der Waals surface area contributed by atoms with Crippen molar-refractivity contribution in [3.63, 3.8) is 0 Å². The van der Waals surface area contributed by atoms with Crippen molar-refractivity contribution in [2.24, 2.45) is 5.73 Å². The van der Waals surface area contributed by atoms with Gasteiger partial charge in [-0.1, -0.05) is 44.2 Å². The van der Waals surface area contributed by atoms with E-state index in [4.69, 9.17) is 5.73 Å². The first kappa shape index (κ1) is 34.1. The van der Waals surface area contributed by atoms with Gasteiger partial charge >= 0.3 is 29.6 Å². The Morgan fingerprint density at radius 2 is 1.68 bits per heavy atom. The third kappa shape index (κ3) is 9.75. The van der Waals surface area contributed by atoms with Gasteiger partial charge < -0.3 is 35.7 Å². The number of primary amides is 1. The molecule has 0 aliphatic carbocycles. The number of carbonyl (C=O) groups excluding carboxylic acids is 3. The molecule has 214 valence electrons. The molecule has 1 heterocycles. The zero-order valence-corrected chi connectivity index (χ0v) is 25.4. The number of aliphatic hydroxyl groups is 2. The number of amides is 2. The molecule has 0 radical (unpaired) electrons. The van der Waals surface area contributed by atoms with E-state index in [0.717, 1.165) is 5.56 Å². The normalized spacial score (nSPS) is 13.2. The minimum absolute atomic E-state index is 0. The molecule has 2 aromatic carbocycles. The van der Waals surface area contributed by atoms with E-state index in [2.05, 4.69) is 10.3 Å². The number of carboxylic acids is 1. The van der Waals surface area contributed by atoms with E-state index in [9.17, 15) is 34.1 Å². The molecule has 0 spiro atoms. The maximum Gasteiger partial charge on any atom is 1.00 e. The fourth-order valence-electron chi connectivity index (χ4n) is 4.55. The quantitative estimate of drug-likeness (QED) is 0.166. The van der Waals surface area contributed by atoms with Gasteiger partial charge in [0, 0.05) is 30.9 Å². The molecular formula is C29H34FN4NaO6. The van der Waals surface area contributed by atoms with Crippen LogP contribution in [0.4, 0.5) is 4.39 Å². The minimum atomic E-state index is -1.42. The number of hydrogen-bond acceptors (Lipinski definition) is 7. The number of nitrogens with zero attached hydrogens (tertiary/aromatic N) is 2. The molecule has 0 fully saturated rings. The number of nitrogens with two attached hydrogens (primary N) is 1. The Balaban J connectivity index is 0.00000588. The van der Waals surface area contributed by atoms with E-state index in [0.29, 0.717) is 17.1 Å². The SMILES string of the molecule is CC(C)c1c(C(=O)N[C@H](Cc2ccccc2)C(N)=O)nc(-c2ccc(F)cc2)n1CC[C@@H](O)C[C@@H](O)CC(=O)[O-].[Na+]. The topological polar surface area (TPSA) is 171 Å². The van der Waals surface area contributed by atoms with E-state index in [1.165, 1.54) is 24.3 Å². The van der Waals surface area contributed by atoms with E-state index in [1.54, 1.807) is 4.57 Å². The van der Waals surface area contributed by atoms with Gasteiger partial charge in [-0.05, 0) is 48.6 Å². The summed E-state index contributed by atoms with van der Waals surface area (Å²) in [6.45, 7) is 3.87. The van der Waals surface area contributed by atoms with Gasteiger partial charge in [-0.15, -0.1) is 0 Å². The number of rotatable bonds is 14. The van der Waals surface area contributed by atoms with Gasteiger partial charge in [0.05, 0.1) is 17.9 Å². The molecule has 2 amide bonds. The number of nitrogens with one attached hydrogen (secondary N) is 1. The average Bonchev–Trinajstić information content (AvgIpc) is 3.27. The molecule has 3 aromatic rings. The van der Waals surface area contributed by atoms with E-state index >= 15 is 0 Å². The van der Waals surface area contributed by atoms with Gasteiger partial charge in [-0.2, -0.15) is 0 Å². The minimum Gasteiger partial charge on any atom is -0.550 e. The van der Waals surface area contributed by atoms with Crippen LogP contribution in [0.5, 0.6) is 0 Å². The van der Waals surface area contributed by atoms with Gasteiger partial charge in [-0.3, -0.25) is 9.59 Å². The molecule has 41 heavy (non-hydrogen) atoms. The third-order valence-corrected chi connectivity index (χ3v) is 6.43. The second-order valence-corrected chi connectivity index (χ2v) is 10.0. The number of aliphatic hydroxyl groups excluding tert-OH is 2. The number of halogens is 1. The smallest absolute Gasteiger partial charge is 0.550 e. The number of hydrogen-bond donors (Lipinski definition) is 4. The predicted molar refractivity (Wildman–Crippen MR) is 143 cm³/mol. The zero-order valence-electron chi connectivity index (χ0n) is 23.4. The van der Waals surface area contributed by atoms with Gasteiger partial charge in [-0.25, -0.2) is 9.37 Å². The summed E-state index contributed by atoms with van der Waals surface area (Å²) in [6.07, 6.45) is -2.83. The third-order valence-electron chi connectivity index (χ3n) is 6.43. The monoisotopic (exact) mass is 576 g/mol. The summed E-state index contributed by atoms with van der Waals surface area (Å²) in [5.41, 5.74) is 7.49. The Hall–Kier alpha value is -3.09. The molecule has 5 N–H and O–H groups in total. The van der Waals surface area contributed by atoms with E-state index in [-0.39, 0.29) is 67.0 Å². The van der Waals surface area contributed by atoms with Crippen LogP contribution in [0.2, 0.25) is 0 Å². The summed E-state index contributed by atoms with van der Waals surface area (Å²) in [6, 6.07) is 13.7. The first-order chi connectivity index (χ1) is 19.0. The number of imidazole rings is 1. The first-order valence-corrected chi connectivity index (χ1v) is 13.0. The van der Waals surface area contributed by atoms with Gasteiger partial charge in [0.15, 0.2) is 0 Å². The molecular weight excluding hydrogens is 542 g/mol. The van der Waals surface area contributed by atoms with Crippen LogP contribution >= 0.6 is 0 Å². The van der Waals surface area contributed by atoms with Crippen LogP contribution in [0.25, 0.3) is 11.4 Å². The summed E-state index contributed by atoms with van der Waals surface area (Å²) in [4.78, 5) is 41.1. The fraction of sp³-hybridized carbons (Fsp3) is 0.379. The number of carboxylic acid groups (broad SMARTS) is 1. The van der Waals surface area contributed by atoms with Crippen LogP contribution in [0.15, 0.2) is 54.6 Å². The molecule has 0 aliphatic rings. The molecule has 0 bridgehead atoms. The Kier molecular flexibility index (Phi) is 13.1. The summed E-state index contributed by atoms with van der Waals surface area (Å²) in [5, 5.41) is 33.8.